The molecule has 1 heterocycles. The molecule has 0 atom stereocenters. The Morgan fingerprint density at radius 2 is 1.62 bits per heavy atom. The lowest BCUT2D eigenvalue weighted by Gasteiger charge is -2.10. The van der Waals surface area contributed by atoms with Crippen LogP contribution in [0.1, 0.15) is 16.7 Å². The minimum atomic E-state index is 0. The Morgan fingerprint density at radius 1 is 1.00 bits per heavy atom. The van der Waals surface area contributed by atoms with Crippen molar-refractivity contribution >= 4 is 8.41 Å². The Labute approximate surface area is 99.1 Å². The highest BCUT2D eigenvalue weighted by Crippen LogP contribution is 2.27. The first kappa shape index (κ1) is 12.5. The molecule has 0 saturated carbocycles. The fourth-order valence-electron chi connectivity index (χ4n) is 2.15. The molecule has 2 heteroatoms. The molecule has 2 aromatic rings. The lowest BCUT2D eigenvalue weighted by Crippen LogP contribution is -1.90. The molecular formula is C14H18BN. The largest absolute Gasteiger partial charge is 0.264 e. The molecule has 0 aliphatic heterocycles. The van der Waals surface area contributed by atoms with Crippen LogP contribution in [0.5, 0.6) is 0 Å². The Morgan fingerprint density at radius 3 is 2.12 bits per heavy atom. The molecular weight excluding hydrogens is 193 g/mol. The lowest BCUT2D eigenvalue weighted by atomic mass is 9.95. The topological polar surface area (TPSA) is 12.9 Å². The van der Waals surface area contributed by atoms with Crippen molar-refractivity contribution in [1.82, 2.24) is 4.98 Å². The van der Waals surface area contributed by atoms with Gasteiger partial charge in [-0.05, 0) is 43.5 Å². The molecule has 0 fully saturated rings. The summed E-state index contributed by atoms with van der Waals surface area (Å²) in [5, 5.41) is 0. The number of pyridine rings is 1. The second-order valence-corrected chi connectivity index (χ2v) is 4.02. The summed E-state index contributed by atoms with van der Waals surface area (Å²) in [5.41, 5.74) is 6.47. The summed E-state index contributed by atoms with van der Waals surface area (Å²) < 4.78 is 0. The number of hydrogen-bond donors (Lipinski definition) is 0. The molecule has 0 bridgehead atoms. The molecule has 82 valence electrons. The second-order valence-electron chi connectivity index (χ2n) is 4.02. The maximum absolute atomic E-state index is 4.17. The fraction of sp³-hybridized carbons (Fsp3) is 0.214. The van der Waals surface area contributed by atoms with E-state index in [4.69, 9.17) is 0 Å². The van der Waals surface area contributed by atoms with Gasteiger partial charge in [0.15, 0.2) is 0 Å². The Kier molecular flexibility index (Phi) is 3.89. The maximum atomic E-state index is 4.17. The van der Waals surface area contributed by atoms with Gasteiger partial charge in [-0.2, -0.15) is 0 Å². The lowest BCUT2D eigenvalue weighted by molar-refractivity contribution is 1.28. The number of aryl methyl sites for hydroxylation is 3. The average molecular weight is 211 g/mol. The summed E-state index contributed by atoms with van der Waals surface area (Å²) in [6.07, 6.45) is 3.73. The van der Waals surface area contributed by atoms with Crippen molar-refractivity contribution in [3.63, 3.8) is 0 Å². The van der Waals surface area contributed by atoms with E-state index < -0.39 is 0 Å². The Balaban J connectivity index is 0.00000128. The zero-order valence-corrected chi connectivity index (χ0v) is 9.41. The van der Waals surface area contributed by atoms with Crippen LogP contribution in [0.25, 0.3) is 11.1 Å². The van der Waals surface area contributed by atoms with E-state index in [0.717, 1.165) is 0 Å². The van der Waals surface area contributed by atoms with E-state index in [0.29, 0.717) is 0 Å². The SMILES string of the molecule is B.Cc1cc(C)c(-c2cccnc2)c(C)c1. The normalized spacial score (nSPS) is 9.69. The predicted octanol–water partition coefficient (Wildman–Crippen LogP) is 2.49. The van der Waals surface area contributed by atoms with Crippen LogP contribution in [0, 0.1) is 20.8 Å². The molecule has 0 unspecified atom stereocenters. The molecule has 0 radical (unpaired) electrons. The van der Waals surface area contributed by atoms with Gasteiger partial charge >= 0.3 is 0 Å². The molecule has 0 N–H and O–H groups in total. The van der Waals surface area contributed by atoms with Crippen molar-refractivity contribution in [3.05, 3.63) is 53.3 Å². The number of benzene rings is 1. The zero-order chi connectivity index (χ0) is 10.8. The number of aromatic nitrogens is 1. The van der Waals surface area contributed by atoms with Gasteiger partial charge in [0.1, 0.15) is 0 Å². The van der Waals surface area contributed by atoms with Crippen molar-refractivity contribution in [3.8, 4) is 11.1 Å². The van der Waals surface area contributed by atoms with Gasteiger partial charge in [0.05, 0.1) is 8.41 Å². The number of rotatable bonds is 1. The molecule has 1 aromatic carbocycles. The summed E-state index contributed by atoms with van der Waals surface area (Å²) in [6.45, 7) is 6.44. The smallest absolute Gasteiger partial charge is 0.0814 e. The zero-order valence-electron chi connectivity index (χ0n) is 9.41. The molecule has 0 spiro atoms. The van der Waals surface area contributed by atoms with E-state index >= 15 is 0 Å². The summed E-state index contributed by atoms with van der Waals surface area (Å²) in [6, 6.07) is 8.52. The standard InChI is InChI=1S/C14H15N.BH3/c1-10-7-11(2)14(12(3)8-10)13-5-4-6-15-9-13;/h4-9H,1-3H3;1H3. The molecule has 16 heavy (non-hydrogen) atoms. The Hall–Kier alpha value is -1.57. The minimum absolute atomic E-state index is 0. The van der Waals surface area contributed by atoms with Crippen molar-refractivity contribution < 1.29 is 0 Å². The van der Waals surface area contributed by atoms with Crippen molar-refractivity contribution in [1.29, 1.82) is 0 Å². The minimum Gasteiger partial charge on any atom is -0.264 e. The monoisotopic (exact) mass is 211 g/mol. The first-order valence-electron chi connectivity index (χ1n) is 5.17. The van der Waals surface area contributed by atoms with Gasteiger partial charge in [-0.1, -0.05) is 23.8 Å². The quantitative estimate of drug-likeness (QED) is 0.660. The number of hydrogen-bond acceptors (Lipinski definition) is 1. The first-order chi connectivity index (χ1) is 7.18. The van der Waals surface area contributed by atoms with Crippen LogP contribution in [0.3, 0.4) is 0 Å². The van der Waals surface area contributed by atoms with Gasteiger partial charge in [-0.25, -0.2) is 0 Å². The van der Waals surface area contributed by atoms with Gasteiger partial charge in [-0.15, -0.1) is 0 Å². The van der Waals surface area contributed by atoms with Gasteiger partial charge in [-0.3, -0.25) is 4.98 Å². The third kappa shape index (κ3) is 2.33. The maximum Gasteiger partial charge on any atom is 0.0814 e. The molecule has 1 nitrogen and oxygen atoms in total. The number of nitrogens with zero attached hydrogens (tertiary/aromatic N) is 1. The highest BCUT2D eigenvalue weighted by atomic mass is 14.6. The van der Waals surface area contributed by atoms with E-state index in [1.807, 2.05) is 18.5 Å². The summed E-state index contributed by atoms with van der Waals surface area (Å²) in [7, 11) is 0. The van der Waals surface area contributed by atoms with Crippen LogP contribution < -0.4 is 0 Å². The van der Waals surface area contributed by atoms with E-state index in [1.54, 1.807) is 0 Å². The van der Waals surface area contributed by atoms with E-state index in [9.17, 15) is 0 Å². The fourth-order valence-corrected chi connectivity index (χ4v) is 2.15. The van der Waals surface area contributed by atoms with Gasteiger partial charge in [0.2, 0.25) is 0 Å². The third-order valence-electron chi connectivity index (χ3n) is 2.63. The molecule has 2 rings (SSSR count). The van der Waals surface area contributed by atoms with E-state index in [2.05, 4.69) is 44.0 Å². The highest BCUT2D eigenvalue weighted by Gasteiger charge is 2.05. The average Bonchev–Trinajstić information content (AvgIpc) is 2.17. The molecule has 0 aliphatic carbocycles. The second kappa shape index (κ2) is 4.97. The summed E-state index contributed by atoms with van der Waals surface area (Å²) in [5.74, 6) is 0. The van der Waals surface area contributed by atoms with Gasteiger partial charge in [0, 0.05) is 18.0 Å². The predicted molar refractivity (Wildman–Crippen MR) is 73.8 cm³/mol. The van der Waals surface area contributed by atoms with Gasteiger partial charge < -0.3 is 0 Å². The highest BCUT2D eigenvalue weighted by molar-refractivity contribution is 5.75. The van der Waals surface area contributed by atoms with E-state index in [-0.39, 0.29) is 8.41 Å². The van der Waals surface area contributed by atoms with Crippen LogP contribution in [-0.2, 0) is 0 Å². The summed E-state index contributed by atoms with van der Waals surface area (Å²) >= 11 is 0. The van der Waals surface area contributed by atoms with E-state index in [1.165, 1.54) is 27.8 Å². The molecule has 0 saturated heterocycles. The van der Waals surface area contributed by atoms with Crippen LogP contribution in [0.15, 0.2) is 36.7 Å². The van der Waals surface area contributed by atoms with Gasteiger partial charge in [0.25, 0.3) is 0 Å². The third-order valence-corrected chi connectivity index (χ3v) is 2.63. The van der Waals surface area contributed by atoms with Crippen LogP contribution in [0.4, 0.5) is 0 Å². The van der Waals surface area contributed by atoms with Crippen molar-refractivity contribution in [2.75, 3.05) is 0 Å². The van der Waals surface area contributed by atoms with Crippen molar-refractivity contribution in [2.45, 2.75) is 20.8 Å². The first-order valence-corrected chi connectivity index (χ1v) is 5.17. The molecule has 0 amide bonds. The molecule has 0 aliphatic rings. The summed E-state index contributed by atoms with van der Waals surface area (Å²) in [4.78, 5) is 4.17. The van der Waals surface area contributed by atoms with Crippen LogP contribution >= 0.6 is 0 Å². The van der Waals surface area contributed by atoms with Crippen LogP contribution in [-0.4, -0.2) is 13.4 Å². The van der Waals surface area contributed by atoms with Crippen molar-refractivity contribution in [2.24, 2.45) is 0 Å². The Bertz CT molecular complexity index is 454. The van der Waals surface area contributed by atoms with Crippen LogP contribution in [0.2, 0.25) is 0 Å². The molecule has 1 aromatic heterocycles.